The Morgan fingerprint density at radius 2 is 2.06 bits per heavy atom. The van der Waals surface area contributed by atoms with Crippen LogP contribution in [0, 0.1) is 0 Å². The first-order chi connectivity index (χ1) is 8.69. The van der Waals surface area contributed by atoms with Gasteiger partial charge in [-0.15, -0.1) is 0 Å². The van der Waals surface area contributed by atoms with Gasteiger partial charge in [-0.1, -0.05) is 26.2 Å². The first-order valence-corrected chi connectivity index (χ1v) is 7.27. The molecule has 0 radical (unpaired) electrons. The molecule has 0 bridgehead atoms. The highest BCUT2D eigenvalue weighted by atomic mass is 16.5. The lowest BCUT2D eigenvalue weighted by atomic mass is 9.96. The quantitative estimate of drug-likeness (QED) is 0.585. The van der Waals surface area contributed by atoms with E-state index in [0.717, 1.165) is 13.0 Å². The molecular weight excluding hydrogens is 226 g/mol. The summed E-state index contributed by atoms with van der Waals surface area (Å²) in [6, 6.07) is 0.861. The number of ether oxygens (including phenoxy) is 1. The Labute approximate surface area is 112 Å². The van der Waals surface area contributed by atoms with Gasteiger partial charge in [0.25, 0.3) is 0 Å². The first-order valence-electron chi connectivity index (χ1n) is 7.27. The fraction of sp³-hybridized carbons (Fsp3) is 0.929. The van der Waals surface area contributed by atoms with Crippen LogP contribution in [0.25, 0.3) is 0 Å². The molecule has 0 aromatic heterocycles. The van der Waals surface area contributed by atoms with E-state index in [4.69, 9.17) is 15.5 Å². The molecule has 0 amide bonds. The molecule has 1 atom stereocenters. The van der Waals surface area contributed by atoms with Crippen molar-refractivity contribution < 1.29 is 4.74 Å². The molecular formula is C14H29N3O. The van der Waals surface area contributed by atoms with E-state index in [-0.39, 0.29) is 0 Å². The van der Waals surface area contributed by atoms with Crippen LogP contribution in [0.5, 0.6) is 0 Å². The smallest absolute Gasteiger partial charge is 0.191 e. The Balaban J connectivity index is 2.60. The van der Waals surface area contributed by atoms with Crippen LogP contribution >= 0.6 is 0 Å². The Hall–Kier alpha value is -0.770. The number of nitrogens with zero attached hydrogens (tertiary/aromatic N) is 2. The SMILES string of the molecule is CCC(C)N(CCOC)C(N)=NC1CCCCC1. The van der Waals surface area contributed by atoms with Gasteiger partial charge in [-0.25, -0.2) is 4.99 Å². The molecule has 1 aliphatic rings. The lowest BCUT2D eigenvalue weighted by Crippen LogP contribution is -2.45. The summed E-state index contributed by atoms with van der Waals surface area (Å²) >= 11 is 0. The minimum atomic E-state index is 0.424. The third-order valence-electron chi connectivity index (χ3n) is 3.84. The van der Waals surface area contributed by atoms with E-state index in [9.17, 15) is 0 Å². The number of hydrogen-bond acceptors (Lipinski definition) is 2. The second-order valence-electron chi connectivity index (χ2n) is 5.22. The van der Waals surface area contributed by atoms with Crippen LogP contribution in [0.2, 0.25) is 0 Å². The van der Waals surface area contributed by atoms with Gasteiger partial charge in [-0.3, -0.25) is 0 Å². The maximum absolute atomic E-state index is 6.19. The van der Waals surface area contributed by atoms with Crippen molar-refractivity contribution in [3.63, 3.8) is 0 Å². The van der Waals surface area contributed by atoms with Gasteiger partial charge in [0.2, 0.25) is 0 Å². The van der Waals surface area contributed by atoms with Crippen LogP contribution in [-0.2, 0) is 4.74 Å². The lowest BCUT2D eigenvalue weighted by Gasteiger charge is -2.30. The van der Waals surface area contributed by atoms with Gasteiger partial charge in [-0.05, 0) is 26.2 Å². The van der Waals surface area contributed by atoms with Gasteiger partial charge in [0.05, 0.1) is 12.6 Å². The van der Waals surface area contributed by atoms with E-state index in [2.05, 4.69) is 18.7 Å². The molecule has 1 fully saturated rings. The summed E-state index contributed by atoms with van der Waals surface area (Å²) in [7, 11) is 1.73. The highest BCUT2D eigenvalue weighted by Crippen LogP contribution is 2.20. The van der Waals surface area contributed by atoms with Crippen molar-refractivity contribution in [3.05, 3.63) is 0 Å². The molecule has 1 saturated carbocycles. The highest BCUT2D eigenvalue weighted by Gasteiger charge is 2.17. The molecule has 18 heavy (non-hydrogen) atoms. The molecule has 0 heterocycles. The summed E-state index contributed by atoms with van der Waals surface area (Å²) in [5.74, 6) is 0.702. The molecule has 4 heteroatoms. The predicted octanol–water partition coefficient (Wildman–Crippen LogP) is 2.38. The summed E-state index contributed by atoms with van der Waals surface area (Å²) in [6.45, 7) is 5.90. The van der Waals surface area contributed by atoms with Crippen LogP contribution < -0.4 is 5.73 Å². The fourth-order valence-corrected chi connectivity index (χ4v) is 2.44. The zero-order chi connectivity index (χ0) is 13.4. The number of rotatable bonds is 6. The van der Waals surface area contributed by atoms with Gasteiger partial charge in [-0.2, -0.15) is 0 Å². The van der Waals surface area contributed by atoms with Gasteiger partial charge in [0, 0.05) is 19.7 Å². The summed E-state index contributed by atoms with van der Waals surface area (Å²) in [5, 5.41) is 0. The van der Waals surface area contributed by atoms with E-state index in [1.165, 1.54) is 32.1 Å². The molecule has 0 spiro atoms. The maximum atomic E-state index is 6.19. The van der Waals surface area contributed by atoms with Crippen LogP contribution in [0.1, 0.15) is 52.4 Å². The molecule has 0 aromatic rings. The van der Waals surface area contributed by atoms with E-state index < -0.39 is 0 Å². The molecule has 1 unspecified atom stereocenters. The Bertz CT molecular complexity index is 249. The lowest BCUT2D eigenvalue weighted by molar-refractivity contribution is 0.162. The molecule has 0 aromatic carbocycles. The van der Waals surface area contributed by atoms with E-state index in [0.29, 0.717) is 24.7 Å². The van der Waals surface area contributed by atoms with Crippen molar-refractivity contribution in [2.75, 3.05) is 20.3 Å². The van der Waals surface area contributed by atoms with E-state index in [1.54, 1.807) is 7.11 Å². The van der Waals surface area contributed by atoms with Crippen LogP contribution in [0.15, 0.2) is 4.99 Å². The molecule has 106 valence electrons. The number of aliphatic imine (C=N–C) groups is 1. The average Bonchev–Trinajstić information content (AvgIpc) is 2.40. The summed E-state index contributed by atoms with van der Waals surface area (Å²) in [6.07, 6.45) is 7.40. The van der Waals surface area contributed by atoms with Crippen molar-refractivity contribution >= 4 is 5.96 Å². The normalized spacial score (nSPS) is 19.8. The average molecular weight is 255 g/mol. The molecule has 0 saturated heterocycles. The van der Waals surface area contributed by atoms with Gasteiger partial charge in [0.15, 0.2) is 5.96 Å². The van der Waals surface area contributed by atoms with Gasteiger partial charge in [0.1, 0.15) is 0 Å². The Morgan fingerprint density at radius 3 is 2.61 bits per heavy atom. The predicted molar refractivity (Wildman–Crippen MR) is 76.8 cm³/mol. The summed E-state index contributed by atoms with van der Waals surface area (Å²) < 4.78 is 5.15. The summed E-state index contributed by atoms with van der Waals surface area (Å²) in [4.78, 5) is 6.90. The highest BCUT2D eigenvalue weighted by molar-refractivity contribution is 5.78. The number of guanidine groups is 1. The van der Waals surface area contributed by atoms with Crippen LogP contribution in [-0.4, -0.2) is 43.2 Å². The van der Waals surface area contributed by atoms with Crippen molar-refractivity contribution in [1.82, 2.24) is 4.90 Å². The monoisotopic (exact) mass is 255 g/mol. The molecule has 1 aliphatic carbocycles. The number of hydrogen-bond donors (Lipinski definition) is 1. The number of methoxy groups -OCH3 is 1. The van der Waals surface area contributed by atoms with E-state index >= 15 is 0 Å². The third kappa shape index (κ3) is 4.84. The maximum Gasteiger partial charge on any atom is 0.191 e. The largest absolute Gasteiger partial charge is 0.383 e. The molecule has 4 nitrogen and oxygen atoms in total. The molecule has 2 N–H and O–H groups in total. The van der Waals surface area contributed by atoms with Crippen molar-refractivity contribution in [1.29, 1.82) is 0 Å². The Morgan fingerprint density at radius 1 is 1.39 bits per heavy atom. The van der Waals surface area contributed by atoms with Crippen molar-refractivity contribution in [3.8, 4) is 0 Å². The second-order valence-corrected chi connectivity index (χ2v) is 5.22. The topological polar surface area (TPSA) is 50.9 Å². The summed E-state index contributed by atoms with van der Waals surface area (Å²) in [5.41, 5.74) is 6.19. The number of nitrogens with two attached hydrogens (primary N) is 1. The third-order valence-corrected chi connectivity index (χ3v) is 3.84. The first kappa shape index (κ1) is 15.3. The van der Waals surface area contributed by atoms with E-state index in [1.807, 2.05) is 0 Å². The van der Waals surface area contributed by atoms with Crippen LogP contribution in [0.4, 0.5) is 0 Å². The molecule has 0 aliphatic heterocycles. The minimum Gasteiger partial charge on any atom is -0.383 e. The van der Waals surface area contributed by atoms with Gasteiger partial charge >= 0.3 is 0 Å². The second kappa shape index (κ2) is 8.35. The zero-order valence-corrected chi connectivity index (χ0v) is 12.2. The van der Waals surface area contributed by atoms with Crippen LogP contribution in [0.3, 0.4) is 0 Å². The zero-order valence-electron chi connectivity index (χ0n) is 12.2. The standard InChI is InChI=1S/C14H29N3O/c1-4-12(2)17(10-11-18-3)14(15)16-13-8-6-5-7-9-13/h12-13H,4-11H2,1-3H3,(H2,15,16). The fourth-order valence-electron chi connectivity index (χ4n) is 2.44. The minimum absolute atomic E-state index is 0.424. The van der Waals surface area contributed by atoms with Crippen molar-refractivity contribution in [2.45, 2.75) is 64.5 Å². The van der Waals surface area contributed by atoms with Crippen molar-refractivity contribution in [2.24, 2.45) is 10.7 Å². The Kier molecular flexibility index (Phi) is 7.09. The van der Waals surface area contributed by atoms with Gasteiger partial charge < -0.3 is 15.4 Å². The molecule has 1 rings (SSSR count).